The first-order valence-electron chi connectivity index (χ1n) is 9.84. The number of rotatable bonds is 9. The molecule has 2 aliphatic rings. The normalized spacial score (nSPS) is 37.5. The zero-order valence-electron chi connectivity index (χ0n) is 17.6. The van der Waals surface area contributed by atoms with E-state index in [1.807, 2.05) is 6.92 Å². The van der Waals surface area contributed by atoms with Crippen molar-refractivity contribution in [3.8, 4) is 0 Å². The standard InChI is InChI=1S/C19H30O11/c1-5-6-7-8-9-10-17-11(20)12(21)19(30-17,16(24)28-4)18(25,15(23)27-3)13(29-17)14(22)26-2/h11-13,20-21,25H,5-10H2,1-4H3. The molecule has 0 amide bonds. The zero-order chi connectivity index (χ0) is 22.7. The second-order valence-corrected chi connectivity index (χ2v) is 7.47. The molecule has 2 aliphatic heterocycles. The van der Waals surface area contributed by atoms with Gasteiger partial charge in [-0.05, 0) is 6.42 Å². The summed E-state index contributed by atoms with van der Waals surface area (Å²) in [6.07, 6.45) is -2.16. The molecule has 2 heterocycles. The Hall–Kier alpha value is -1.79. The summed E-state index contributed by atoms with van der Waals surface area (Å²) >= 11 is 0. The van der Waals surface area contributed by atoms with E-state index in [9.17, 15) is 29.7 Å². The van der Waals surface area contributed by atoms with Crippen LogP contribution in [0.1, 0.15) is 45.4 Å². The molecule has 0 aromatic carbocycles. The summed E-state index contributed by atoms with van der Waals surface area (Å²) in [5, 5.41) is 32.9. The van der Waals surface area contributed by atoms with Crippen LogP contribution >= 0.6 is 0 Å². The van der Waals surface area contributed by atoms with Crippen molar-refractivity contribution in [2.45, 2.75) is 80.7 Å². The number of unbranched alkanes of at least 4 members (excludes halogenated alkanes) is 4. The lowest BCUT2D eigenvalue weighted by molar-refractivity contribution is -0.375. The molecule has 2 saturated heterocycles. The van der Waals surface area contributed by atoms with E-state index in [1.54, 1.807) is 0 Å². The third-order valence-corrected chi connectivity index (χ3v) is 5.79. The molecule has 2 rings (SSSR count). The summed E-state index contributed by atoms with van der Waals surface area (Å²) < 4.78 is 25.1. The first-order chi connectivity index (χ1) is 14.1. The van der Waals surface area contributed by atoms with E-state index >= 15 is 0 Å². The predicted octanol–water partition coefficient (Wildman–Crippen LogP) is -0.817. The van der Waals surface area contributed by atoms with E-state index < -0.39 is 53.2 Å². The van der Waals surface area contributed by atoms with Crippen molar-refractivity contribution in [2.75, 3.05) is 21.3 Å². The maximum Gasteiger partial charge on any atom is 0.345 e. The summed E-state index contributed by atoms with van der Waals surface area (Å²) in [7, 11) is 2.81. The fraction of sp³-hybridized carbons (Fsp3) is 0.842. The molecule has 3 N–H and O–H groups in total. The molecule has 0 aliphatic carbocycles. The minimum Gasteiger partial charge on any atom is -0.467 e. The van der Waals surface area contributed by atoms with Gasteiger partial charge in [-0.3, -0.25) is 0 Å². The minimum absolute atomic E-state index is 0.0293. The number of methoxy groups -OCH3 is 3. The molecule has 6 unspecified atom stereocenters. The number of aliphatic hydroxyl groups excluding tert-OH is 2. The first-order valence-corrected chi connectivity index (χ1v) is 9.84. The van der Waals surface area contributed by atoms with Gasteiger partial charge in [0, 0.05) is 6.42 Å². The van der Waals surface area contributed by atoms with Gasteiger partial charge in [0.05, 0.1) is 21.3 Å². The van der Waals surface area contributed by atoms with Gasteiger partial charge in [0.25, 0.3) is 0 Å². The Labute approximate surface area is 174 Å². The van der Waals surface area contributed by atoms with Crippen LogP contribution in [0, 0.1) is 0 Å². The predicted molar refractivity (Wildman–Crippen MR) is 97.8 cm³/mol. The van der Waals surface area contributed by atoms with Crippen LogP contribution in [0.15, 0.2) is 0 Å². The van der Waals surface area contributed by atoms with E-state index in [0.717, 1.165) is 47.0 Å². The van der Waals surface area contributed by atoms with Crippen molar-refractivity contribution in [1.29, 1.82) is 0 Å². The Morgan fingerprint density at radius 2 is 1.50 bits per heavy atom. The SMILES string of the molecule is CCCCCCCC12OC(C(=O)OC)C(O)(C(=O)OC)C(C(=O)OC)(O1)C(O)C2O. The van der Waals surface area contributed by atoms with E-state index in [-0.39, 0.29) is 6.42 Å². The fourth-order valence-corrected chi connectivity index (χ4v) is 4.18. The lowest BCUT2D eigenvalue weighted by atomic mass is 9.74. The number of esters is 3. The molecule has 30 heavy (non-hydrogen) atoms. The fourth-order valence-electron chi connectivity index (χ4n) is 4.18. The van der Waals surface area contributed by atoms with Crippen LogP contribution in [0.5, 0.6) is 0 Å². The van der Waals surface area contributed by atoms with Gasteiger partial charge in [-0.1, -0.05) is 32.6 Å². The molecule has 0 aromatic rings. The molecular weight excluding hydrogens is 404 g/mol. The van der Waals surface area contributed by atoms with Gasteiger partial charge in [-0.25, -0.2) is 14.4 Å². The highest BCUT2D eigenvalue weighted by Gasteiger charge is 2.85. The number of ether oxygens (including phenoxy) is 5. The van der Waals surface area contributed by atoms with Crippen molar-refractivity contribution in [1.82, 2.24) is 0 Å². The van der Waals surface area contributed by atoms with Crippen molar-refractivity contribution in [3.63, 3.8) is 0 Å². The smallest absolute Gasteiger partial charge is 0.345 e. The van der Waals surface area contributed by atoms with Crippen LogP contribution in [0.2, 0.25) is 0 Å². The van der Waals surface area contributed by atoms with E-state index in [1.165, 1.54) is 0 Å². The Morgan fingerprint density at radius 3 is 2.03 bits per heavy atom. The molecule has 0 radical (unpaired) electrons. The topological polar surface area (TPSA) is 158 Å². The highest BCUT2D eigenvalue weighted by atomic mass is 16.8. The van der Waals surface area contributed by atoms with Crippen molar-refractivity contribution in [2.24, 2.45) is 0 Å². The van der Waals surface area contributed by atoms with Gasteiger partial charge >= 0.3 is 17.9 Å². The van der Waals surface area contributed by atoms with E-state index in [0.29, 0.717) is 6.42 Å². The number of carbonyl (C=O) groups is 3. The number of carbonyl (C=O) groups excluding carboxylic acids is 3. The maximum absolute atomic E-state index is 12.8. The van der Waals surface area contributed by atoms with Crippen molar-refractivity contribution in [3.05, 3.63) is 0 Å². The Bertz CT molecular complexity index is 667. The molecule has 0 aromatic heterocycles. The third-order valence-electron chi connectivity index (χ3n) is 5.79. The number of hydrogen-bond donors (Lipinski definition) is 3. The monoisotopic (exact) mass is 434 g/mol. The van der Waals surface area contributed by atoms with Crippen LogP contribution < -0.4 is 0 Å². The third kappa shape index (κ3) is 3.38. The Balaban J connectivity index is 2.58. The lowest BCUT2D eigenvalue weighted by Gasteiger charge is -2.49. The highest BCUT2D eigenvalue weighted by molar-refractivity contribution is 5.99. The zero-order valence-corrected chi connectivity index (χ0v) is 17.6. The van der Waals surface area contributed by atoms with Crippen molar-refractivity contribution < 1.29 is 53.4 Å². The van der Waals surface area contributed by atoms with Gasteiger partial charge < -0.3 is 39.0 Å². The molecule has 2 fully saturated rings. The van der Waals surface area contributed by atoms with Gasteiger partial charge in [0.15, 0.2) is 5.79 Å². The average Bonchev–Trinajstić information content (AvgIpc) is 2.95. The molecule has 0 spiro atoms. The number of fused-ring (bicyclic) bond motifs is 2. The summed E-state index contributed by atoms with van der Waals surface area (Å²) in [5.74, 6) is -6.17. The minimum atomic E-state index is -3.19. The van der Waals surface area contributed by atoms with E-state index in [2.05, 4.69) is 14.2 Å². The van der Waals surface area contributed by atoms with E-state index in [4.69, 9.17) is 9.47 Å². The van der Waals surface area contributed by atoms with Crippen LogP contribution in [0.3, 0.4) is 0 Å². The van der Waals surface area contributed by atoms with Gasteiger partial charge in [-0.15, -0.1) is 0 Å². The second-order valence-electron chi connectivity index (χ2n) is 7.47. The number of aliphatic hydroxyl groups is 3. The summed E-state index contributed by atoms with van der Waals surface area (Å²) in [6, 6.07) is 0. The summed E-state index contributed by atoms with van der Waals surface area (Å²) in [4.78, 5) is 37.8. The molecule has 6 atom stereocenters. The molecule has 11 nitrogen and oxygen atoms in total. The highest BCUT2D eigenvalue weighted by Crippen LogP contribution is 2.55. The Morgan fingerprint density at radius 1 is 0.900 bits per heavy atom. The molecule has 11 heteroatoms. The molecule has 2 bridgehead atoms. The maximum atomic E-state index is 12.8. The molecular formula is C19H30O11. The number of hydrogen-bond acceptors (Lipinski definition) is 11. The molecule has 0 saturated carbocycles. The summed E-state index contributed by atoms with van der Waals surface area (Å²) in [6.45, 7) is 2.04. The van der Waals surface area contributed by atoms with Crippen LogP contribution in [-0.2, 0) is 38.1 Å². The van der Waals surface area contributed by atoms with Gasteiger partial charge in [0.2, 0.25) is 17.3 Å². The summed E-state index contributed by atoms with van der Waals surface area (Å²) in [5.41, 5.74) is -6.07. The average molecular weight is 434 g/mol. The second kappa shape index (κ2) is 9.15. The Kier molecular flexibility index (Phi) is 7.46. The van der Waals surface area contributed by atoms with Crippen LogP contribution in [-0.4, -0.2) is 89.9 Å². The quantitative estimate of drug-likeness (QED) is 0.236. The lowest BCUT2D eigenvalue weighted by Crippen LogP contribution is -2.78. The van der Waals surface area contributed by atoms with Crippen LogP contribution in [0.4, 0.5) is 0 Å². The van der Waals surface area contributed by atoms with Gasteiger partial charge in [0.1, 0.15) is 12.2 Å². The van der Waals surface area contributed by atoms with Crippen LogP contribution in [0.25, 0.3) is 0 Å². The first kappa shape index (κ1) is 24.5. The molecule has 172 valence electrons. The largest absolute Gasteiger partial charge is 0.467 e. The van der Waals surface area contributed by atoms with Gasteiger partial charge in [-0.2, -0.15) is 0 Å². The van der Waals surface area contributed by atoms with Crippen molar-refractivity contribution >= 4 is 17.9 Å².